The Kier molecular flexibility index (Phi) is 9.34. The second-order valence-electron chi connectivity index (χ2n) is 6.58. The molecule has 1 aliphatic rings. The summed E-state index contributed by atoms with van der Waals surface area (Å²) in [6.45, 7) is 5.68. The third kappa shape index (κ3) is 6.17. The number of rotatable bonds is 5. The number of hydrogen-bond acceptors (Lipinski definition) is 2. The van der Waals surface area contributed by atoms with Crippen molar-refractivity contribution in [3.05, 3.63) is 28.3 Å². The fraction of sp³-hybridized carbons (Fsp3) is 0.684. The molecule has 2 rings (SSSR count). The number of aryl methyl sites for hydroxylation is 1. The van der Waals surface area contributed by atoms with Crippen molar-refractivity contribution >= 4 is 24.0 Å². The van der Waals surface area contributed by atoms with Gasteiger partial charge in [-0.15, -0.1) is 12.4 Å². The lowest BCUT2D eigenvalue weighted by molar-refractivity contribution is 0.193. The van der Waals surface area contributed by atoms with Gasteiger partial charge in [0, 0.05) is 18.2 Å². The summed E-state index contributed by atoms with van der Waals surface area (Å²) in [6.07, 6.45) is 9.57. The van der Waals surface area contributed by atoms with Crippen LogP contribution < -0.4 is 4.74 Å². The Morgan fingerprint density at radius 3 is 2.35 bits per heavy atom. The molecule has 2 nitrogen and oxygen atoms in total. The lowest BCUT2D eigenvalue weighted by Gasteiger charge is -2.30. The van der Waals surface area contributed by atoms with Crippen LogP contribution in [-0.4, -0.2) is 24.6 Å². The van der Waals surface area contributed by atoms with Crippen LogP contribution >= 0.6 is 24.0 Å². The van der Waals surface area contributed by atoms with Crippen molar-refractivity contribution in [3.8, 4) is 5.75 Å². The Hall–Kier alpha value is -0.440. The van der Waals surface area contributed by atoms with E-state index in [4.69, 9.17) is 16.3 Å². The maximum Gasteiger partial charge on any atom is 0.142 e. The minimum Gasteiger partial charge on any atom is -0.492 e. The van der Waals surface area contributed by atoms with Gasteiger partial charge in [0.25, 0.3) is 0 Å². The van der Waals surface area contributed by atoms with Crippen molar-refractivity contribution in [1.82, 2.24) is 4.90 Å². The van der Waals surface area contributed by atoms with Crippen molar-refractivity contribution < 1.29 is 4.74 Å². The molecule has 0 N–H and O–H groups in total. The zero-order valence-electron chi connectivity index (χ0n) is 14.7. The summed E-state index contributed by atoms with van der Waals surface area (Å²) in [7, 11) is 2.25. The molecule has 0 heterocycles. The van der Waals surface area contributed by atoms with E-state index in [0.717, 1.165) is 17.3 Å². The van der Waals surface area contributed by atoms with E-state index in [2.05, 4.69) is 24.9 Å². The fourth-order valence-electron chi connectivity index (χ4n) is 3.50. The van der Waals surface area contributed by atoms with E-state index < -0.39 is 0 Å². The largest absolute Gasteiger partial charge is 0.492 e. The first-order valence-corrected chi connectivity index (χ1v) is 9.11. The molecule has 0 saturated heterocycles. The summed E-state index contributed by atoms with van der Waals surface area (Å²) in [5.74, 6) is 0.868. The second kappa shape index (κ2) is 10.4. The number of ether oxygens (including phenoxy) is 1. The van der Waals surface area contributed by atoms with Gasteiger partial charge in [-0.1, -0.05) is 49.8 Å². The van der Waals surface area contributed by atoms with Crippen molar-refractivity contribution in [2.75, 3.05) is 13.7 Å². The van der Waals surface area contributed by atoms with Crippen molar-refractivity contribution in [2.45, 2.75) is 71.4 Å². The normalized spacial score (nSPS) is 16.6. The van der Waals surface area contributed by atoms with Gasteiger partial charge < -0.3 is 4.74 Å². The van der Waals surface area contributed by atoms with Crippen LogP contribution in [0.4, 0.5) is 0 Å². The minimum absolute atomic E-state index is 0. The quantitative estimate of drug-likeness (QED) is 0.637. The van der Waals surface area contributed by atoms with Gasteiger partial charge in [0.2, 0.25) is 0 Å². The van der Waals surface area contributed by atoms with Crippen LogP contribution in [0.15, 0.2) is 12.1 Å². The van der Waals surface area contributed by atoms with Crippen molar-refractivity contribution in [1.29, 1.82) is 0 Å². The van der Waals surface area contributed by atoms with Crippen molar-refractivity contribution in [2.24, 2.45) is 0 Å². The summed E-state index contributed by atoms with van der Waals surface area (Å²) in [5, 5.41) is 0.739. The molecular formula is C19H31Cl2NO. The molecule has 0 amide bonds. The van der Waals surface area contributed by atoms with E-state index in [1.165, 1.54) is 56.1 Å². The van der Waals surface area contributed by atoms with Crippen LogP contribution in [-0.2, 0) is 6.54 Å². The molecule has 0 aliphatic heterocycles. The second-order valence-corrected chi connectivity index (χ2v) is 6.99. The number of halogens is 2. The summed E-state index contributed by atoms with van der Waals surface area (Å²) < 4.78 is 5.80. The minimum atomic E-state index is 0. The zero-order valence-corrected chi connectivity index (χ0v) is 16.3. The maximum atomic E-state index is 6.39. The molecule has 0 atom stereocenters. The molecule has 0 aromatic heterocycles. The highest BCUT2D eigenvalue weighted by molar-refractivity contribution is 6.32. The van der Waals surface area contributed by atoms with Crippen LogP contribution in [0.1, 0.15) is 63.0 Å². The van der Waals surface area contributed by atoms with E-state index in [1.807, 2.05) is 13.0 Å². The first-order chi connectivity index (χ1) is 10.6. The number of benzene rings is 1. The molecule has 1 aromatic carbocycles. The highest BCUT2D eigenvalue weighted by atomic mass is 35.5. The molecule has 132 valence electrons. The van der Waals surface area contributed by atoms with E-state index >= 15 is 0 Å². The molecule has 0 radical (unpaired) electrons. The van der Waals surface area contributed by atoms with Crippen molar-refractivity contribution in [3.63, 3.8) is 0 Å². The average molecular weight is 360 g/mol. The SMILES string of the molecule is CCOc1c(Cl)cc(C)cc1CN(C)C1CCCCCCC1.Cl. The highest BCUT2D eigenvalue weighted by Gasteiger charge is 2.19. The molecule has 0 bridgehead atoms. The van der Waals surface area contributed by atoms with Crippen LogP contribution in [0.5, 0.6) is 5.75 Å². The fourth-order valence-corrected chi connectivity index (χ4v) is 3.85. The van der Waals surface area contributed by atoms with Crippen LogP contribution in [0.3, 0.4) is 0 Å². The number of nitrogens with zero attached hydrogens (tertiary/aromatic N) is 1. The smallest absolute Gasteiger partial charge is 0.142 e. The molecule has 1 saturated carbocycles. The standard InChI is InChI=1S/C19H30ClNO.ClH/c1-4-22-19-16(12-15(2)13-18(19)20)14-21(3)17-10-8-6-5-7-9-11-17;/h12-13,17H,4-11,14H2,1-3H3;1H. The van der Waals surface area contributed by atoms with E-state index in [1.54, 1.807) is 0 Å². The first kappa shape index (κ1) is 20.6. The van der Waals surface area contributed by atoms with Gasteiger partial charge in [0.1, 0.15) is 5.75 Å². The maximum absolute atomic E-state index is 6.39. The van der Waals surface area contributed by atoms with Gasteiger partial charge in [-0.2, -0.15) is 0 Å². The monoisotopic (exact) mass is 359 g/mol. The van der Waals surface area contributed by atoms with Gasteiger partial charge in [0.05, 0.1) is 11.6 Å². The van der Waals surface area contributed by atoms with Crippen LogP contribution in [0.25, 0.3) is 0 Å². The van der Waals surface area contributed by atoms with E-state index in [-0.39, 0.29) is 12.4 Å². The van der Waals surface area contributed by atoms with Gasteiger partial charge in [-0.25, -0.2) is 0 Å². The molecule has 0 spiro atoms. The van der Waals surface area contributed by atoms with Gasteiger partial charge in [0.15, 0.2) is 0 Å². The molecule has 23 heavy (non-hydrogen) atoms. The highest BCUT2D eigenvalue weighted by Crippen LogP contribution is 2.32. The molecule has 1 aromatic rings. The van der Waals surface area contributed by atoms with Gasteiger partial charge in [-0.05, 0) is 45.4 Å². The molecule has 1 fully saturated rings. The lowest BCUT2D eigenvalue weighted by Crippen LogP contribution is -2.32. The Bertz CT molecular complexity index is 471. The molecular weight excluding hydrogens is 329 g/mol. The predicted molar refractivity (Wildman–Crippen MR) is 102 cm³/mol. The Morgan fingerprint density at radius 2 is 1.74 bits per heavy atom. The third-order valence-electron chi connectivity index (χ3n) is 4.67. The Morgan fingerprint density at radius 1 is 1.13 bits per heavy atom. The summed E-state index contributed by atoms with van der Waals surface area (Å²) in [4.78, 5) is 2.50. The third-order valence-corrected chi connectivity index (χ3v) is 4.95. The van der Waals surface area contributed by atoms with Crippen LogP contribution in [0, 0.1) is 6.92 Å². The van der Waals surface area contributed by atoms with E-state index in [9.17, 15) is 0 Å². The predicted octanol–water partition coefficient (Wildman–Crippen LogP) is 6.01. The summed E-state index contributed by atoms with van der Waals surface area (Å²) in [5.41, 5.74) is 2.42. The lowest BCUT2D eigenvalue weighted by atomic mass is 9.95. The average Bonchev–Trinajstić information content (AvgIpc) is 2.42. The summed E-state index contributed by atoms with van der Waals surface area (Å²) in [6, 6.07) is 4.90. The topological polar surface area (TPSA) is 12.5 Å². The van der Waals surface area contributed by atoms with Gasteiger partial charge >= 0.3 is 0 Å². The first-order valence-electron chi connectivity index (χ1n) is 8.74. The summed E-state index contributed by atoms with van der Waals surface area (Å²) >= 11 is 6.39. The zero-order chi connectivity index (χ0) is 15.9. The Balaban J connectivity index is 0.00000264. The van der Waals surface area contributed by atoms with Gasteiger partial charge in [-0.3, -0.25) is 4.90 Å². The van der Waals surface area contributed by atoms with E-state index in [0.29, 0.717) is 12.6 Å². The Labute approximate surface area is 152 Å². The molecule has 4 heteroatoms. The molecule has 0 unspecified atom stereocenters. The molecule has 1 aliphatic carbocycles. The number of hydrogen-bond donors (Lipinski definition) is 0. The van der Waals surface area contributed by atoms with Crippen LogP contribution in [0.2, 0.25) is 5.02 Å².